The SMILES string of the molecule is CCC1OC(Oc2ccc(CN(C)CCC(C)C)cc2)C(O)C(O)C1O. The third kappa shape index (κ3) is 5.66. The van der Waals surface area contributed by atoms with Crippen LogP contribution in [0.3, 0.4) is 0 Å². The van der Waals surface area contributed by atoms with Crippen LogP contribution >= 0.6 is 0 Å². The van der Waals surface area contributed by atoms with Gasteiger partial charge in [0.1, 0.15) is 24.1 Å². The van der Waals surface area contributed by atoms with E-state index in [1.807, 2.05) is 31.2 Å². The lowest BCUT2D eigenvalue weighted by molar-refractivity contribution is -0.272. The summed E-state index contributed by atoms with van der Waals surface area (Å²) in [6, 6.07) is 7.64. The first-order valence-corrected chi connectivity index (χ1v) is 9.45. The van der Waals surface area contributed by atoms with Crippen molar-refractivity contribution in [3.63, 3.8) is 0 Å². The highest BCUT2D eigenvalue weighted by atomic mass is 16.7. The van der Waals surface area contributed by atoms with E-state index in [0.717, 1.165) is 13.1 Å². The molecule has 0 aliphatic carbocycles. The van der Waals surface area contributed by atoms with Gasteiger partial charge in [0.05, 0.1) is 6.10 Å². The van der Waals surface area contributed by atoms with E-state index < -0.39 is 30.7 Å². The molecule has 1 aliphatic rings. The van der Waals surface area contributed by atoms with Crippen molar-refractivity contribution in [1.29, 1.82) is 0 Å². The Morgan fingerprint density at radius 1 is 1.08 bits per heavy atom. The predicted octanol–water partition coefficient (Wildman–Crippen LogP) is 1.76. The van der Waals surface area contributed by atoms with E-state index in [4.69, 9.17) is 9.47 Å². The van der Waals surface area contributed by atoms with Gasteiger partial charge >= 0.3 is 0 Å². The fourth-order valence-corrected chi connectivity index (χ4v) is 3.03. The summed E-state index contributed by atoms with van der Waals surface area (Å²) in [5.41, 5.74) is 1.18. The van der Waals surface area contributed by atoms with E-state index in [0.29, 0.717) is 18.1 Å². The van der Waals surface area contributed by atoms with Crippen LogP contribution in [-0.4, -0.2) is 64.5 Å². The maximum absolute atomic E-state index is 10.1. The molecule has 0 aromatic heterocycles. The molecule has 6 nitrogen and oxygen atoms in total. The second-order valence-electron chi connectivity index (χ2n) is 7.61. The zero-order valence-corrected chi connectivity index (χ0v) is 16.2. The number of benzene rings is 1. The van der Waals surface area contributed by atoms with E-state index in [1.165, 1.54) is 12.0 Å². The molecule has 148 valence electrons. The van der Waals surface area contributed by atoms with Crippen LogP contribution < -0.4 is 4.74 Å². The lowest BCUT2D eigenvalue weighted by Crippen LogP contribution is -2.58. The van der Waals surface area contributed by atoms with Crippen LogP contribution in [0, 0.1) is 5.92 Å². The fraction of sp³-hybridized carbons (Fsp3) is 0.700. The summed E-state index contributed by atoms with van der Waals surface area (Å²) < 4.78 is 11.3. The molecule has 2 rings (SSSR count). The van der Waals surface area contributed by atoms with Crippen molar-refractivity contribution in [2.24, 2.45) is 5.92 Å². The Balaban J connectivity index is 1.92. The van der Waals surface area contributed by atoms with Crippen LogP contribution in [0.4, 0.5) is 0 Å². The predicted molar refractivity (Wildman–Crippen MR) is 99.8 cm³/mol. The summed E-state index contributed by atoms with van der Waals surface area (Å²) in [6.07, 6.45) is -3.57. The number of hydrogen-bond acceptors (Lipinski definition) is 6. The highest BCUT2D eigenvalue weighted by Crippen LogP contribution is 2.26. The second kappa shape index (κ2) is 9.67. The van der Waals surface area contributed by atoms with Gasteiger partial charge in [0, 0.05) is 6.54 Å². The number of aliphatic hydroxyl groups is 3. The van der Waals surface area contributed by atoms with Crippen LogP contribution in [0.25, 0.3) is 0 Å². The molecule has 0 saturated carbocycles. The average Bonchev–Trinajstić information content (AvgIpc) is 2.62. The Labute approximate surface area is 156 Å². The molecule has 26 heavy (non-hydrogen) atoms. The van der Waals surface area contributed by atoms with E-state index in [1.54, 1.807) is 0 Å². The molecule has 0 radical (unpaired) electrons. The van der Waals surface area contributed by atoms with Crippen molar-refractivity contribution in [3.8, 4) is 5.75 Å². The summed E-state index contributed by atoms with van der Waals surface area (Å²) in [6.45, 7) is 8.20. The number of ether oxygens (including phenoxy) is 2. The molecule has 1 aromatic rings. The molecule has 6 heteroatoms. The van der Waals surface area contributed by atoms with Gasteiger partial charge in [0.15, 0.2) is 0 Å². The highest BCUT2D eigenvalue weighted by molar-refractivity contribution is 5.27. The van der Waals surface area contributed by atoms with Crippen molar-refractivity contribution in [3.05, 3.63) is 29.8 Å². The van der Waals surface area contributed by atoms with E-state index in [9.17, 15) is 15.3 Å². The molecule has 1 aliphatic heterocycles. The lowest BCUT2D eigenvalue weighted by Gasteiger charge is -2.40. The Bertz CT molecular complexity index is 534. The fourth-order valence-electron chi connectivity index (χ4n) is 3.03. The van der Waals surface area contributed by atoms with Gasteiger partial charge in [-0.25, -0.2) is 0 Å². The standard InChI is InChI=1S/C20H33NO5/c1-5-16-17(22)18(23)19(24)20(26-16)25-15-8-6-14(7-9-15)12-21(4)11-10-13(2)3/h6-9,13,16-20,22-24H,5,10-12H2,1-4H3. The van der Waals surface area contributed by atoms with Gasteiger partial charge in [-0.1, -0.05) is 32.9 Å². The molecule has 0 spiro atoms. The molecule has 5 atom stereocenters. The normalized spacial score (nSPS) is 29.3. The first-order chi connectivity index (χ1) is 12.3. The monoisotopic (exact) mass is 367 g/mol. The second-order valence-corrected chi connectivity index (χ2v) is 7.61. The van der Waals surface area contributed by atoms with Gasteiger partial charge in [0.2, 0.25) is 6.29 Å². The lowest BCUT2D eigenvalue weighted by atomic mass is 9.97. The first-order valence-electron chi connectivity index (χ1n) is 9.45. The Hall–Kier alpha value is -1.18. The molecular weight excluding hydrogens is 334 g/mol. The molecule has 1 fully saturated rings. The topological polar surface area (TPSA) is 82.4 Å². The van der Waals surface area contributed by atoms with Gasteiger partial charge in [-0.15, -0.1) is 0 Å². The van der Waals surface area contributed by atoms with Crippen molar-refractivity contribution < 1.29 is 24.8 Å². The Morgan fingerprint density at radius 3 is 2.31 bits per heavy atom. The van der Waals surface area contributed by atoms with E-state index in [2.05, 4.69) is 25.8 Å². The van der Waals surface area contributed by atoms with Crippen molar-refractivity contribution in [2.45, 2.75) is 70.9 Å². The maximum atomic E-state index is 10.1. The number of aliphatic hydroxyl groups excluding tert-OH is 3. The quantitative estimate of drug-likeness (QED) is 0.650. The average molecular weight is 367 g/mol. The summed E-state index contributed by atoms with van der Waals surface area (Å²) >= 11 is 0. The summed E-state index contributed by atoms with van der Waals surface area (Å²) in [5, 5.41) is 30.0. The van der Waals surface area contributed by atoms with Crippen molar-refractivity contribution in [2.75, 3.05) is 13.6 Å². The van der Waals surface area contributed by atoms with E-state index in [-0.39, 0.29) is 0 Å². The highest BCUT2D eigenvalue weighted by Gasteiger charge is 2.44. The third-order valence-corrected chi connectivity index (χ3v) is 4.79. The molecule has 5 unspecified atom stereocenters. The minimum Gasteiger partial charge on any atom is -0.462 e. The molecule has 0 amide bonds. The number of nitrogens with zero attached hydrogens (tertiary/aromatic N) is 1. The molecular formula is C20H33NO5. The first kappa shape index (κ1) is 21.1. The molecule has 1 aromatic carbocycles. The van der Waals surface area contributed by atoms with Gasteiger partial charge in [-0.2, -0.15) is 0 Å². The zero-order chi connectivity index (χ0) is 19.3. The minimum absolute atomic E-state index is 0.520. The van der Waals surface area contributed by atoms with Crippen molar-refractivity contribution >= 4 is 0 Å². The van der Waals surface area contributed by atoms with Crippen LogP contribution in [-0.2, 0) is 11.3 Å². The smallest absolute Gasteiger partial charge is 0.229 e. The molecule has 3 N–H and O–H groups in total. The van der Waals surface area contributed by atoms with Crippen molar-refractivity contribution in [1.82, 2.24) is 4.90 Å². The maximum Gasteiger partial charge on any atom is 0.229 e. The summed E-state index contributed by atoms with van der Waals surface area (Å²) in [7, 11) is 2.11. The minimum atomic E-state index is -1.30. The van der Waals surface area contributed by atoms with Crippen LogP contribution in [0.5, 0.6) is 5.75 Å². The number of hydrogen-bond donors (Lipinski definition) is 3. The summed E-state index contributed by atoms with van der Waals surface area (Å²) in [5.74, 6) is 1.25. The van der Waals surface area contributed by atoms with Crippen LogP contribution in [0.15, 0.2) is 24.3 Å². The Kier molecular flexibility index (Phi) is 7.85. The molecule has 1 heterocycles. The molecule has 1 saturated heterocycles. The largest absolute Gasteiger partial charge is 0.462 e. The van der Waals surface area contributed by atoms with Crippen LogP contribution in [0.2, 0.25) is 0 Å². The van der Waals surface area contributed by atoms with Gasteiger partial charge in [-0.3, -0.25) is 0 Å². The van der Waals surface area contributed by atoms with E-state index >= 15 is 0 Å². The Morgan fingerprint density at radius 2 is 1.73 bits per heavy atom. The summed E-state index contributed by atoms with van der Waals surface area (Å²) in [4.78, 5) is 2.29. The van der Waals surface area contributed by atoms with Gasteiger partial charge < -0.3 is 29.7 Å². The third-order valence-electron chi connectivity index (χ3n) is 4.79. The zero-order valence-electron chi connectivity index (χ0n) is 16.2. The van der Waals surface area contributed by atoms with Gasteiger partial charge in [0.25, 0.3) is 0 Å². The molecule has 0 bridgehead atoms. The van der Waals surface area contributed by atoms with Gasteiger partial charge in [-0.05, 0) is 50.0 Å². The number of rotatable bonds is 8. The van der Waals surface area contributed by atoms with Crippen LogP contribution in [0.1, 0.15) is 39.2 Å².